The minimum atomic E-state index is -0.818. The number of hydrogen-bond acceptors (Lipinski definition) is 3. The van der Waals surface area contributed by atoms with Crippen LogP contribution in [0.2, 0.25) is 0 Å². The molecule has 1 unspecified atom stereocenters. The van der Waals surface area contributed by atoms with Crippen molar-refractivity contribution in [1.29, 1.82) is 0 Å². The van der Waals surface area contributed by atoms with Crippen LogP contribution in [0.25, 0.3) is 0 Å². The van der Waals surface area contributed by atoms with Crippen molar-refractivity contribution in [3.05, 3.63) is 106 Å². The number of nitrogens with zero attached hydrogens (tertiary/aromatic N) is 2. The summed E-state index contributed by atoms with van der Waals surface area (Å²) in [6, 6.07) is 22.2. The van der Waals surface area contributed by atoms with Gasteiger partial charge in [-0.15, -0.1) is 24.8 Å². The largest absolute Gasteiger partial charge is 0.385 e. The molecule has 0 saturated carbocycles. The second-order valence-corrected chi connectivity index (χ2v) is 11.9. The summed E-state index contributed by atoms with van der Waals surface area (Å²) >= 11 is 0. The highest BCUT2D eigenvalue weighted by Crippen LogP contribution is 2.33. The van der Waals surface area contributed by atoms with Gasteiger partial charge >= 0.3 is 0 Å². The maximum Gasteiger partial charge on any atom is 0.123 e. The van der Waals surface area contributed by atoms with Crippen LogP contribution >= 0.6 is 24.8 Å². The first-order valence-corrected chi connectivity index (χ1v) is 14.4. The third kappa shape index (κ3) is 8.53. The SMILES string of the molecule is Cc1ccccc1CN1CCC(CCC(C)(O)c2ccc3c(c2)CN(Cc2ccc(F)cc2)CCC3)CC1.Cl.Cl. The number of fused-ring (bicyclic) bond motifs is 1. The van der Waals surface area contributed by atoms with Crippen LogP contribution in [0.15, 0.2) is 66.7 Å². The molecule has 0 aromatic heterocycles. The van der Waals surface area contributed by atoms with Crippen molar-refractivity contribution < 1.29 is 9.50 Å². The molecule has 0 bridgehead atoms. The van der Waals surface area contributed by atoms with E-state index < -0.39 is 5.60 Å². The Morgan fingerprint density at radius 3 is 2.33 bits per heavy atom. The number of aryl methyl sites for hydroxylation is 2. The second kappa shape index (κ2) is 14.8. The summed E-state index contributed by atoms with van der Waals surface area (Å²) in [6.45, 7) is 10.3. The molecule has 218 valence electrons. The van der Waals surface area contributed by atoms with Crippen LogP contribution in [0.1, 0.15) is 72.4 Å². The van der Waals surface area contributed by atoms with Crippen molar-refractivity contribution in [2.45, 2.75) is 77.6 Å². The lowest BCUT2D eigenvalue weighted by Gasteiger charge is -2.34. The molecular weight excluding hydrogens is 542 g/mol. The summed E-state index contributed by atoms with van der Waals surface area (Å²) in [4.78, 5) is 5.03. The summed E-state index contributed by atoms with van der Waals surface area (Å²) in [5.41, 5.74) is 6.90. The van der Waals surface area contributed by atoms with Crippen LogP contribution < -0.4 is 0 Å². The minimum Gasteiger partial charge on any atom is -0.385 e. The summed E-state index contributed by atoms with van der Waals surface area (Å²) in [5, 5.41) is 11.5. The van der Waals surface area contributed by atoms with Crippen molar-refractivity contribution >= 4 is 24.8 Å². The second-order valence-electron chi connectivity index (χ2n) is 11.9. The Bertz CT molecular complexity index is 1210. The van der Waals surface area contributed by atoms with Crippen LogP contribution in [-0.2, 0) is 31.7 Å². The summed E-state index contributed by atoms with van der Waals surface area (Å²) in [7, 11) is 0. The number of piperidine rings is 1. The number of aliphatic hydroxyl groups is 1. The van der Waals surface area contributed by atoms with E-state index in [4.69, 9.17) is 0 Å². The Morgan fingerprint density at radius 1 is 0.875 bits per heavy atom. The predicted octanol–water partition coefficient (Wildman–Crippen LogP) is 7.83. The molecule has 0 radical (unpaired) electrons. The first kappa shape index (κ1) is 32.6. The van der Waals surface area contributed by atoms with E-state index in [9.17, 15) is 9.50 Å². The molecule has 3 aromatic carbocycles. The highest BCUT2D eigenvalue weighted by Gasteiger charge is 2.28. The Labute approximate surface area is 252 Å². The lowest BCUT2D eigenvalue weighted by atomic mass is 9.83. The summed E-state index contributed by atoms with van der Waals surface area (Å²) in [5.74, 6) is 0.497. The van der Waals surface area contributed by atoms with Crippen molar-refractivity contribution in [3.8, 4) is 0 Å². The van der Waals surface area contributed by atoms with E-state index in [0.717, 1.165) is 76.1 Å². The van der Waals surface area contributed by atoms with Gasteiger partial charge in [-0.2, -0.15) is 0 Å². The predicted molar refractivity (Wildman–Crippen MR) is 168 cm³/mol. The molecule has 2 heterocycles. The van der Waals surface area contributed by atoms with Gasteiger partial charge in [0.2, 0.25) is 0 Å². The van der Waals surface area contributed by atoms with Gasteiger partial charge in [0.15, 0.2) is 0 Å². The molecule has 1 saturated heterocycles. The normalized spacial score (nSPS) is 18.1. The molecule has 40 heavy (non-hydrogen) atoms. The maximum atomic E-state index is 13.3. The highest BCUT2D eigenvalue weighted by molar-refractivity contribution is 5.85. The fraction of sp³-hybridized carbons (Fsp3) is 0.471. The van der Waals surface area contributed by atoms with E-state index in [-0.39, 0.29) is 30.6 Å². The fourth-order valence-electron chi connectivity index (χ4n) is 6.24. The molecule has 1 atom stereocenters. The van der Waals surface area contributed by atoms with Crippen molar-refractivity contribution in [2.24, 2.45) is 5.92 Å². The highest BCUT2D eigenvalue weighted by atomic mass is 35.5. The van der Waals surface area contributed by atoms with E-state index in [1.54, 1.807) is 12.1 Å². The number of likely N-dealkylation sites (tertiary alicyclic amines) is 1. The zero-order valence-corrected chi connectivity index (χ0v) is 25.6. The fourth-order valence-corrected chi connectivity index (χ4v) is 6.24. The molecule has 3 nitrogen and oxygen atoms in total. The summed E-state index contributed by atoms with van der Waals surface area (Å²) < 4.78 is 13.3. The van der Waals surface area contributed by atoms with E-state index >= 15 is 0 Å². The molecule has 0 amide bonds. The standard InChI is InChI=1S/C34H43FN2O.2ClH/c1-26-6-3-4-7-30(26)24-36-20-16-27(17-21-36)15-18-34(2,38)32-12-11-29-8-5-19-37(25-31(29)22-32)23-28-9-13-33(35)14-10-28;;/h3-4,6-7,9-14,22,27,38H,5,8,15-21,23-25H2,1-2H3;2*1H. The lowest BCUT2D eigenvalue weighted by Crippen LogP contribution is -2.34. The molecule has 2 aliphatic heterocycles. The zero-order valence-electron chi connectivity index (χ0n) is 23.9. The molecule has 0 aliphatic carbocycles. The number of benzene rings is 3. The van der Waals surface area contributed by atoms with Crippen molar-refractivity contribution in [1.82, 2.24) is 9.80 Å². The van der Waals surface area contributed by atoms with E-state index in [1.165, 1.54) is 35.1 Å². The number of rotatable bonds is 8. The van der Waals surface area contributed by atoms with E-state index in [1.807, 2.05) is 19.1 Å². The van der Waals surface area contributed by atoms with Crippen LogP contribution in [0.4, 0.5) is 4.39 Å². The molecule has 1 fully saturated rings. The molecule has 2 aliphatic rings. The van der Waals surface area contributed by atoms with Gasteiger partial charge in [-0.05, 0) is 123 Å². The Kier molecular flexibility index (Phi) is 12.0. The van der Waals surface area contributed by atoms with Crippen molar-refractivity contribution in [3.63, 3.8) is 0 Å². The first-order valence-electron chi connectivity index (χ1n) is 14.4. The average Bonchev–Trinajstić information content (AvgIpc) is 3.12. The van der Waals surface area contributed by atoms with Gasteiger partial charge in [0, 0.05) is 19.6 Å². The quantitative estimate of drug-likeness (QED) is 0.291. The third-order valence-corrected chi connectivity index (χ3v) is 8.86. The zero-order chi connectivity index (χ0) is 26.5. The van der Waals surface area contributed by atoms with Gasteiger partial charge in [0.25, 0.3) is 0 Å². The Hall–Kier alpha value is -1.95. The van der Waals surface area contributed by atoms with Gasteiger partial charge in [0.1, 0.15) is 5.82 Å². The van der Waals surface area contributed by atoms with E-state index in [2.05, 4.69) is 59.2 Å². The van der Waals surface area contributed by atoms with Gasteiger partial charge in [-0.25, -0.2) is 4.39 Å². The van der Waals surface area contributed by atoms with E-state index in [0.29, 0.717) is 5.92 Å². The Balaban J connectivity index is 0.00000220. The summed E-state index contributed by atoms with van der Waals surface area (Å²) in [6.07, 6.45) is 6.48. The molecule has 1 N–H and O–H groups in total. The smallest absolute Gasteiger partial charge is 0.123 e. The van der Waals surface area contributed by atoms with Crippen LogP contribution in [-0.4, -0.2) is 34.5 Å². The average molecular weight is 588 g/mol. The molecule has 3 aromatic rings. The Morgan fingerprint density at radius 2 is 1.60 bits per heavy atom. The number of hydrogen-bond donors (Lipinski definition) is 1. The minimum absolute atomic E-state index is 0. The van der Waals surface area contributed by atoms with Crippen LogP contribution in [0.5, 0.6) is 0 Å². The molecular formula is C34H45Cl2FN2O. The van der Waals surface area contributed by atoms with Crippen LogP contribution in [0, 0.1) is 18.7 Å². The third-order valence-electron chi connectivity index (χ3n) is 8.86. The topological polar surface area (TPSA) is 26.7 Å². The van der Waals surface area contributed by atoms with Gasteiger partial charge < -0.3 is 5.11 Å². The molecule has 5 rings (SSSR count). The van der Waals surface area contributed by atoms with Crippen LogP contribution in [0.3, 0.4) is 0 Å². The molecule has 0 spiro atoms. The first-order chi connectivity index (χ1) is 18.4. The lowest BCUT2D eigenvalue weighted by molar-refractivity contribution is 0.0358. The maximum absolute atomic E-state index is 13.3. The van der Waals surface area contributed by atoms with Gasteiger partial charge in [0.05, 0.1) is 5.60 Å². The monoisotopic (exact) mass is 586 g/mol. The molecule has 6 heteroatoms. The number of halogens is 3. The van der Waals surface area contributed by atoms with Gasteiger partial charge in [-0.3, -0.25) is 9.80 Å². The van der Waals surface area contributed by atoms with Crippen molar-refractivity contribution in [2.75, 3.05) is 19.6 Å². The van der Waals surface area contributed by atoms with Gasteiger partial charge in [-0.1, -0.05) is 54.6 Å².